The average molecular weight is 398 g/mol. The van der Waals surface area contributed by atoms with Gasteiger partial charge in [-0.05, 0) is 28.8 Å². The summed E-state index contributed by atoms with van der Waals surface area (Å²) < 4.78 is 35.1. The molecule has 3 rings (SSSR count). The summed E-state index contributed by atoms with van der Waals surface area (Å²) in [5.74, 6) is 0.743. The zero-order valence-electron chi connectivity index (χ0n) is 15.7. The quantitative estimate of drug-likeness (QED) is 0.407. The van der Waals surface area contributed by atoms with E-state index in [2.05, 4.69) is 0 Å². The zero-order valence-corrected chi connectivity index (χ0v) is 16.6. The molecule has 0 aromatic heterocycles. The van der Waals surface area contributed by atoms with Crippen molar-refractivity contribution >= 4 is 7.82 Å². The lowest BCUT2D eigenvalue weighted by Crippen LogP contribution is -2.02. The number of hydrogen-bond donors (Lipinski definition) is 0. The highest BCUT2D eigenvalue weighted by molar-refractivity contribution is 7.48. The van der Waals surface area contributed by atoms with Crippen molar-refractivity contribution in [1.82, 2.24) is 0 Å². The van der Waals surface area contributed by atoms with Crippen LogP contribution in [0.2, 0.25) is 0 Å². The predicted molar refractivity (Wildman–Crippen MR) is 108 cm³/mol. The van der Waals surface area contributed by atoms with Crippen molar-refractivity contribution < 1.29 is 22.9 Å². The van der Waals surface area contributed by atoms with Gasteiger partial charge >= 0.3 is 7.82 Å². The number of phosphoric ester groups is 1. The summed E-state index contributed by atoms with van der Waals surface area (Å²) in [7, 11) is -2.16. The van der Waals surface area contributed by atoms with Crippen LogP contribution in [0.25, 0.3) is 0 Å². The first-order chi connectivity index (χ1) is 13.7. The molecule has 28 heavy (non-hydrogen) atoms. The Balaban J connectivity index is 1.65. The first-order valence-corrected chi connectivity index (χ1v) is 10.4. The van der Waals surface area contributed by atoms with E-state index in [1.165, 1.54) is 0 Å². The Labute approximate surface area is 165 Å². The summed E-state index contributed by atoms with van der Waals surface area (Å²) >= 11 is 0. The molecule has 0 saturated carbocycles. The molecule has 0 saturated heterocycles. The van der Waals surface area contributed by atoms with E-state index in [1.807, 2.05) is 84.9 Å². The van der Waals surface area contributed by atoms with Crippen molar-refractivity contribution in [2.45, 2.75) is 19.8 Å². The molecule has 3 aromatic rings. The standard InChI is InChI=1S/C22H23O5P/c1-24-22-14-12-21(13-15-22)18-27-28(23,25-16-19-8-4-2-5-9-19)26-17-20-10-6-3-7-11-20/h2-15H,16-18H2,1H3. The fraction of sp³-hybridized carbons (Fsp3) is 0.182. The lowest BCUT2D eigenvalue weighted by Gasteiger charge is -2.18. The van der Waals surface area contributed by atoms with Crippen LogP contribution in [0.1, 0.15) is 16.7 Å². The van der Waals surface area contributed by atoms with Gasteiger partial charge in [-0.2, -0.15) is 0 Å². The van der Waals surface area contributed by atoms with E-state index in [0.717, 1.165) is 22.4 Å². The molecule has 0 aliphatic heterocycles. The molecule has 3 aromatic carbocycles. The van der Waals surface area contributed by atoms with E-state index in [1.54, 1.807) is 7.11 Å². The molecule has 0 aliphatic carbocycles. The highest BCUT2D eigenvalue weighted by Gasteiger charge is 2.27. The lowest BCUT2D eigenvalue weighted by atomic mass is 10.2. The van der Waals surface area contributed by atoms with Gasteiger partial charge in [0.15, 0.2) is 0 Å². The van der Waals surface area contributed by atoms with Gasteiger partial charge in [-0.15, -0.1) is 0 Å². The molecule has 0 amide bonds. The van der Waals surface area contributed by atoms with Crippen LogP contribution in [0.3, 0.4) is 0 Å². The van der Waals surface area contributed by atoms with Gasteiger partial charge in [-0.3, -0.25) is 13.6 Å². The van der Waals surface area contributed by atoms with Crippen molar-refractivity contribution in [3.63, 3.8) is 0 Å². The second-order valence-corrected chi connectivity index (χ2v) is 7.76. The van der Waals surface area contributed by atoms with Crippen LogP contribution in [0, 0.1) is 0 Å². The van der Waals surface area contributed by atoms with E-state index in [0.29, 0.717) is 0 Å². The maximum absolute atomic E-state index is 13.2. The maximum Gasteiger partial charge on any atom is 0.475 e. The van der Waals surface area contributed by atoms with Crippen LogP contribution < -0.4 is 4.74 Å². The van der Waals surface area contributed by atoms with Gasteiger partial charge < -0.3 is 4.74 Å². The minimum atomic E-state index is -3.77. The average Bonchev–Trinajstić information content (AvgIpc) is 2.77. The Kier molecular flexibility index (Phi) is 7.40. The molecule has 0 unspecified atom stereocenters. The van der Waals surface area contributed by atoms with Crippen LogP contribution in [0.4, 0.5) is 0 Å². The second kappa shape index (κ2) is 10.2. The molecule has 0 heterocycles. The fourth-order valence-electron chi connectivity index (χ4n) is 2.44. The third-order valence-electron chi connectivity index (χ3n) is 4.01. The van der Waals surface area contributed by atoms with E-state index < -0.39 is 7.82 Å². The minimum absolute atomic E-state index is 0.102. The molecular weight excluding hydrogens is 375 g/mol. The largest absolute Gasteiger partial charge is 0.497 e. The smallest absolute Gasteiger partial charge is 0.475 e. The number of hydrogen-bond acceptors (Lipinski definition) is 5. The third kappa shape index (κ3) is 6.32. The summed E-state index contributed by atoms with van der Waals surface area (Å²) in [4.78, 5) is 0. The molecule has 0 radical (unpaired) electrons. The lowest BCUT2D eigenvalue weighted by molar-refractivity contribution is 0.0978. The van der Waals surface area contributed by atoms with Crippen LogP contribution >= 0.6 is 7.82 Å². The molecule has 0 atom stereocenters. The molecule has 0 fully saturated rings. The van der Waals surface area contributed by atoms with Gasteiger partial charge in [0, 0.05) is 0 Å². The molecular formula is C22H23O5P. The molecule has 0 N–H and O–H groups in total. The molecule has 0 spiro atoms. The van der Waals surface area contributed by atoms with Crippen molar-refractivity contribution in [2.75, 3.05) is 7.11 Å². The maximum atomic E-state index is 13.2. The highest BCUT2D eigenvalue weighted by atomic mass is 31.2. The Morgan fingerprint density at radius 2 is 1.00 bits per heavy atom. The summed E-state index contributed by atoms with van der Waals surface area (Å²) in [5, 5.41) is 0. The predicted octanol–water partition coefficient (Wildman–Crippen LogP) is 5.75. The number of ether oxygens (including phenoxy) is 1. The first kappa shape index (κ1) is 20.3. The number of methoxy groups -OCH3 is 1. The van der Waals surface area contributed by atoms with E-state index >= 15 is 0 Å². The van der Waals surface area contributed by atoms with Gasteiger partial charge in [0.25, 0.3) is 0 Å². The highest BCUT2D eigenvalue weighted by Crippen LogP contribution is 2.51. The number of benzene rings is 3. The Morgan fingerprint density at radius 3 is 1.39 bits per heavy atom. The summed E-state index contributed by atoms with van der Waals surface area (Å²) in [5.41, 5.74) is 2.62. The van der Waals surface area contributed by atoms with Crippen molar-refractivity contribution in [3.8, 4) is 5.75 Å². The van der Waals surface area contributed by atoms with Crippen molar-refractivity contribution in [2.24, 2.45) is 0 Å². The van der Waals surface area contributed by atoms with Crippen molar-refractivity contribution in [1.29, 1.82) is 0 Å². The molecule has 0 bridgehead atoms. The molecule has 0 aliphatic rings. The van der Waals surface area contributed by atoms with Crippen LogP contribution in [-0.4, -0.2) is 7.11 Å². The summed E-state index contributed by atoms with van der Waals surface area (Å²) in [6.07, 6.45) is 0. The van der Waals surface area contributed by atoms with Gasteiger partial charge in [-0.1, -0.05) is 72.8 Å². The normalized spacial score (nSPS) is 11.3. The van der Waals surface area contributed by atoms with Crippen molar-refractivity contribution in [3.05, 3.63) is 102 Å². The second-order valence-electron chi connectivity index (χ2n) is 6.09. The minimum Gasteiger partial charge on any atom is -0.497 e. The fourth-order valence-corrected chi connectivity index (χ4v) is 3.59. The van der Waals surface area contributed by atoms with Crippen LogP contribution in [0.15, 0.2) is 84.9 Å². The zero-order chi connectivity index (χ0) is 19.7. The van der Waals surface area contributed by atoms with Gasteiger partial charge in [0.05, 0.1) is 26.9 Å². The van der Waals surface area contributed by atoms with E-state index in [9.17, 15) is 4.57 Å². The van der Waals surface area contributed by atoms with E-state index in [4.69, 9.17) is 18.3 Å². The Hall–Kier alpha value is -2.43. The molecule has 146 valence electrons. The molecule has 5 nitrogen and oxygen atoms in total. The Morgan fingerprint density at radius 1 is 0.607 bits per heavy atom. The van der Waals surface area contributed by atoms with Gasteiger partial charge in [0.2, 0.25) is 0 Å². The molecule has 6 heteroatoms. The SMILES string of the molecule is COc1ccc(COP(=O)(OCc2ccccc2)OCc2ccccc2)cc1. The Bertz CT molecular complexity index is 834. The van der Waals surface area contributed by atoms with Crippen LogP contribution in [0.5, 0.6) is 5.75 Å². The van der Waals surface area contributed by atoms with Crippen LogP contribution in [-0.2, 0) is 38.0 Å². The third-order valence-corrected chi connectivity index (χ3v) is 5.35. The summed E-state index contributed by atoms with van der Waals surface area (Å²) in [6.45, 7) is 0.371. The summed E-state index contributed by atoms with van der Waals surface area (Å²) in [6, 6.07) is 26.3. The van der Waals surface area contributed by atoms with Gasteiger partial charge in [0.1, 0.15) is 5.75 Å². The first-order valence-electron chi connectivity index (χ1n) is 8.91. The number of rotatable bonds is 10. The number of phosphoric acid groups is 1. The topological polar surface area (TPSA) is 54.0 Å². The van der Waals surface area contributed by atoms with Gasteiger partial charge in [-0.25, -0.2) is 4.57 Å². The monoisotopic (exact) mass is 398 g/mol. The van der Waals surface area contributed by atoms with E-state index in [-0.39, 0.29) is 19.8 Å².